The molecule has 0 saturated heterocycles. The molecule has 0 heterocycles. The van der Waals surface area contributed by atoms with Crippen molar-refractivity contribution in [3.63, 3.8) is 0 Å². The molecule has 1 amide bonds. The molecule has 0 fully saturated rings. The molecule has 0 aromatic carbocycles. The van der Waals surface area contributed by atoms with Gasteiger partial charge in [0.2, 0.25) is 5.91 Å². The minimum atomic E-state index is -4.33. The van der Waals surface area contributed by atoms with Gasteiger partial charge in [0, 0.05) is 6.42 Å². The Labute approximate surface area is 518 Å². The van der Waals surface area contributed by atoms with Crippen LogP contribution in [-0.4, -0.2) is 73.4 Å². The van der Waals surface area contributed by atoms with Gasteiger partial charge in [-0.2, -0.15) is 0 Å². The zero-order valence-corrected chi connectivity index (χ0v) is 57.1. The van der Waals surface area contributed by atoms with Crippen LogP contribution in [0, 0.1) is 0 Å². The molecular formula is C74H144N2O6P+. The van der Waals surface area contributed by atoms with Gasteiger partial charge < -0.3 is 19.8 Å². The normalized spacial score (nSPS) is 13.9. The van der Waals surface area contributed by atoms with Crippen LogP contribution in [0.3, 0.4) is 0 Å². The highest BCUT2D eigenvalue weighted by molar-refractivity contribution is 7.47. The van der Waals surface area contributed by atoms with Crippen molar-refractivity contribution in [2.45, 2.75) is 379 Å². The molecule has 3 N–H and O–H groups in total. The van der Waals surface area contributed by atoms with E-state index in [1.165, 1.54) is 276 Å². The highest BCUT2D eigenvalue weighted by Gasteiger charge is 2.28. The maximum atomic E-state index is 13.1. The van der Waals surface area contributed by atoms with Gasteiger partial charge in [0.05, 0.1) is 39.9 Å². The lowest BCUT2D eigenvalue weighted by Gasteiger charge is -2.26. The molecule has 0 aromatic rings. The summed E-state index contributed by atoms with van der Waals surface area (Å²) in [6.45, 7) is 4.83. The van der Waals surface area contributed by atoms with Gasteiger partial charge in [-0.05, 0) is 51.4 Å². The van der Waals surface area contributed by atoms with Crippen LogP contribution in [-0.2, 0) is 18.4 Å². The van der Waals surface area contributed by atoms with Gasteiger partial charge in [-0.1, -0.05) is 358 Å². The molecule has 83 heavy (non-hydrogen) atoms. The first-order chi connectivity index (χ1) is 40.5. The number of carbonyl (C=O) groups excluding carboxylic acids is 1. The zero-order valence-electron chi connectivity index (χ0n) is 56.2. The van der Waals surface area contributed by atoms with Crippen molar-refractivity contribution in [2.24, 2.45) is 0 Å². The minimum absolute atomic E-state index is 0.0760. The van der Waals surface area contributed by atoms with E-state index in [9.17, 15) is 19.4 Å². The van der Waals surface area contributed by atoms with Crippen LogP contribution in [0.5, 0.6) is 0 Å². The molecule has 0 aromatic heterocycles. The number of nitrogens with zero attached hydrogens (tertiary/aromatic N) is 1. The fourth-order valence-corrected chi connectivity index (χ4v) is 12.0. The quantitative estimate of drug-likeness (QED) is 0.0243. The number of allylic oxidation sites excluding steroid dienone is 8. The van der Waals surface area contributed by atoms with Crippen molar-refractivity contribution in [3.05, 3.63) is 48.6 Å². The van der Waals surface area contributed by atoms with Crippen LogP contribution in [0.15, 0.2) is 48.6 Å². The molecule has 3 atom stereocenters. The van der Waals surface area contributed by atoms with Gasteiger partial charge in [0.15, 0.2) is 0 Å². The fraction of sp³-hybridized carbons (Fsp3) is 0.878. The molecule has 0 spiro atoms. The van der Waals surface area contributed by atoms with Crippen LogP contribution in [0.4, 0.5) is 0 Å². The first-order valence-corrected chi connectivity index (χ1v) is 38.0. The number of quaternary nitrogens is 1. The minimum Gasteiger partial charge on any atom is -0.391 e. The van der Waals surface area contributed by atoms with Crippen LogP contribution < -0.4 is 5.32 Å². The maximum absolute atomic E-state index is 13.1. The molecule has 0 aliphatic carbocycles. The molecule has 0 rings (SSSR count). The predicted molar refractivity (Wildman–Crippen MR) is 364 cm³/mol. The summed E-state index contributed by atoms with van der Waals surface area (Å²) in [4.78, 5) is 23.5. The first kappa shape index (κ1) is 81.5. The van der Waals surface area contributed by atoms with E-state index in [-0.39, 0.29) is 19.1 Å². The average Bonchev–Trinajstić information content (AvgIpc) is 3.49. The first-order valence-electron chi connectivity index (χ1n) is 36.5. The molecule has 0 aliphatic heterocycles. The highest BCUT2D eigenvalue weighted by Crippen LogP contribution is 2.43. The second-order valence-corrected chi connectivity index (χ2v) is 27.8. The standard InChI is InChI=1S/C74H143N2O6P/c1-6-8-10-12-14-16-18-20-22-24-26-28-30-32-34-36-38-40-42-44-46-48-50-52-54-56-58-60-62-64-66-68-74(78)75-72(71-82-83(79,80)81-70-69-76(3,4)5)73(77)67-65-63-61-59-57-55-53-51-49-47-45-43-41-39-37-35-33-31-29-27-25-23-21-19-17-15-13-11-9-7-2/h8,10,14,16,20,22,26,28,72-73,77H,6-7,9,11-13,15,17-19,21,23-25,27,29-71H2,1-5H3,(H-,75,78,79,80)/p+1/b10-8-,16-14-,22-20-,28-26-. The summed E-state index contributed by atoms with van der Waals surface area (Å²) in [5, 5.41) is 14.2. The van der Waals surface area contributed by atoms with Gasteiger partial charge >= 0.3 is 7.82 Å². The predicted octanol–water partition coefficient (Wildman–Crippen LogP) is 23.4. The second kappa shape index (κ2) is 64.9. The number of hydrogen-bond acceptors (Lipinski definition) is 5. The number of aliphatic hydroxyl groups excluding tert-OH is 1. The van der Waals surface area contributed by atoms with Crippen molar-refractivity contribution < 1.29 is 32.9 Å². The van der Waals surface area contributed by atoms with Crippen molar-refractivity contribution in [1.82, 2.24) is 5.32 Å². The summed E-state index contributed by atoms with van der Waals surface area (Å²) in [6, 6.07) is -0.762. The third-order valence-electron chi connectivity index (χ3n) is 16.8. The van der Waals surface area contributed by atoms with E-state index < -0.39 is 20.0 Å². The average molecular weight is 1190 g/mol. The molecule has 8 nitrogen and oxygen atoms in total. The van der Waals surface area contributed by atoms with Crippen LogP contribution in [0.2, 0.25) is 0 Å². The Morgan fingerprint density at radius 3 is 1.06 bits per heavy atom. The van der Waals surface area contributed by atoms with Gasteiger partial charge in [-0.3, -0.25) is 13.8 Å². The third kappa shape index (κ3) is 67.8. The number of amides is 1. The fourth-order valence-electron chi connectivity index (χ4n) is 11.2. The largest absolute Gasteiger partial charge is 0.472 e. The highest BCUT2D eigenvalue weighted by atomic mass is 31.2. The molecular weight excluding hydrogens is 1040 g/mol. The molecule has 9 heteroatoms. The van der Waals surface area contributed by atoms with Crippen molar-refractivity contribution in [1.29, 1.82) is 0 Å². The molecule has 0 radical (unpaired) electrons. The van der Waals surface area contributed by atoms with Crippen LogP contribution in [0.25, 0.3) is 0 Å². The summed E-state index contributed by atoms with van der Waals surface area (Å²) < 4.78 is 23.9. The number of hydrogen-bond donors (Lipinski definition) is 3. The number of aliphatic hydroxyl groups is 1. The van der Waals surface area contributed by atoms with E-state index in [1.54, 1.807) is 0 Å². The van der Waals surface area contributed by atoms with E-state index in [2.05, 4.69) is 67.8 Å². The van der Waals surface area contributed by atoms with Gasteiger partial charge in [0.1, 0.15) is 13.2 Å². The second-order valence-electron chi connectivity index (χ2n) is 26.3. The number of likely N-dealkylation sites (N-methyl/N-ethyl adjacent to an activating group) is 1. The lowest BCUT2D eigenvalue weighted by atomic mass is 10.0. The Bertz CT molecular complexity index is 1490. The van der Waals surface area contributed by atoms with Gasteiger partial charge in [-0.25, -0.2) is 4.57 Å². The van der Waals surface area contributed by atoms with E-state index in [0.29, 0.717) is 23.9 Å². The van der Waals surface area contributed by atoms with Gasteiger partial charge in [-0.15, -0.1) is 0 Å². The van der Waals surface area contributed by atoms with Crippen molar-refractivity contribution in [3.8, 4) is 0 Å². The number of phosphoric ester groups is 1. The van der Waals surface area contributed by atoms with E-state index in [0.717, 1.165) is 64.2 Å². The number of phosphoric acid groups is 1. The Kier molecular flexibility index (Phi) is 63.7. The summed E-state index contributed by atoms with van der Waals surface area (Å²) in [6.07, 6.45) is 88.0. The Morgan fingerprint density at radius 2 is 0.723 bits per heavy atom. The summed E-state index contributed by atoms with van der Waals surface area (Å²) in [5.41, 5.74) is 0. The third-order valence-corrected chi connectivity index (χ3v) is 17.8. The molecule has 3 unspecified atom stereocenters. The molecule has 0 saturated carbocycles. The lowest BCUT2D eigenvalue weighted by molar-refractivity contribution is -0.870. The Balaban J connectivity index is 3.98. The van der Waals surface area contributed by atoms with E-state index in [1.807, 2.05) is 21.1 Å². The topological polar surface area (TPSA) is 105 Å². The zero-order chi connectivity index (χ0) is 60.5. The van der Waals surface area contributed by atoms with Crippen molar-refractivity contribution >= 4 is 13.7 Å². The molecule has 490 valence electrons. The van der Waals surface area contributed by atoms with Crippen molar-refractivity contribution in [2.75, 3.05) is 40.9 Å². The Morgan fingerprint density at radius 1 is 0.422 bits per heavy atom. The number of unbranched alkanes of at least 4 members (excludes halogenated alkanes) is 47. The summed E-state index contributed by atoms with van der Waals surface area (Å²) >= 11 is 0. The van der Waals surface area contributed by atoms with Gasteiger partial charge in [0.25, 0.3) is 0 Å². The number of rotatable bonds is 68. The van der Waals surface area contributed by atoms with E-state index in [4.69, 9.17) is 9.05 Å². The van der Waals surface area contributed by atoms with E-state index >= 15 is 0 Å². The SMILES string of the molecule is CC/C=C\C/C=C\C/C=C\C/C=C\CCCCCCCCCCCCCCCCCCCCC(=O)NC(COP(=O)(O)OCC[N+](C)(C)C)C(O)CCCCCCCCCCCCCCCCCCCCCCCCCCCCCCCC. The number of nitrogens with one attached hydrogen (secondary N) is 1. The van der Waals surface area contributed by atoms with Crippen LogP contribution >= 0.6 is 7.82 Å². The smallest absolute Gasteiger partial charge is 0.391 e. The summed E-state index contributed by atoms with van der Waals surface area (Å²) in [5.74, 6) is -0.138. The monoisotopic (exact) mass is 1190 g/mol. The molecule has 0 bridgehead atoms. The lowest BCUT2D eigenvalue weighted by Crippen LogP contribution is -2.46. The number of carbonyl (C=O) groups is 1. The maximum Gasteiger partial charge on any atom is 0.472 e. The Hall–Kier alpha value is -1.54. The van der Waals surface area contributed by atoms with Crippen LogP contribution in [0.1, 0.15) is 367 Å². The molecule has 0 aliphatic rings. The summed E-state index contributed by atoms with van der Waals surface area (Å²) in [7, 11) is 1.63.